The van der Waals surface area contributed by atoms with E-state index in [-0.39, 0.29) is 18.9 Å². The first-order valence-electron chi connectivity index (χ1n) is 26.1. The summed E-state index contributed by atoms with van der Waals surface area (Å²) in [6, 6.07) is -1.06. The van der Waals surface area contributed by atoms with E-state index < -0.39 is 32.7 Å². The zero-order valence-corrected chi connectivity index (χ0v) is 42.6. The van der Waals surface area contributed by atoms with Crippen molar-refractivity contribution in [1.82, 2.24) is 5.32 Å². The van der Waals surface area contributed by atoms with E-state index in [4.69, 9.17) is 9.05 Å². The van der Waals surface area contributed by atoms with Crippen LogP contribution in [0.5, 0.6) is 0 Å². The van der Waals surface area contributed by atoms with Gasteiger partial charge in [0, 0.05) is 6.42 Å². The van der Waals surface area contributed by atoms with Gasteiger partial charge in [0.05, 0.1) is 39.9 Å². The summed E-state index contributed by atoms with van der Waals surface area (Å²) in [6.45, 7) is 4.37. The van der Waals surface area contributed by atoms with E-state index in [9.17, 15) is 24.5 Å². The van der Waals surface area contributed by atoms with E-state index in [1.807, 2.05) is 28.1 Å². The van der Waals surface area contributed by atoms with Crippen LogP contribution in [0, 0.1) is 0 Å². The average molecular weight is 910 g/mol. The molecule has 0 rings (SSSR count). The molecule has 0 aromatic rings. The van der Waals surface area contributed by atoms with Crippen LogP contribution >= 0.6 is 7.82 Å². The highest BCUT2D eigenvalue weighted by Crippen LogP contribution is 2.43. The summed E-state index contributed by atoms with van der Waals surface area (Å²) in [5.41, 5.74) is 0. The summed E-state index contributed by atoms with van der Waals surface area (Å²) in [4.78, 5) is 23.2. The molecule has 4 N–H and O–H groups in total. The predicted octanol–water partition coefficient (Wildman–Crippen LogP) is 14.2. The van der Waals surface area contributed by atoms with Crippen molar-refractivity contribution in [2.24, 2.45) is 0 Å². The van der Waals surface area contributed by atoms with Gasteiger partial charge < -0.3 is 24.9 Å². The molecule has 4 atom stereocenters. The molecule has 4 unspecified atom stereocenters. The van der Waals surface area contributed by atoms with Gasteiger partial charge in [0.25, 0.3) is 0 Å². The fourth-order valence-corrected chi connectivity index (χ4v) is 8.27. The number of amides is 1. The minimum Gasteiger partial charge on any atom is -0.390 e. The van der Waals surface area contributed by atoms with Crippen LogP contribution in [0.1, 0.15) is 226 Å². The Bertz CT molecular complexity index is 1180. The van der Waals surface area contributed by atoms with E-state index in [0.717, 1.165) is 51.4 Å². The lowest BCUT2D eigenvalue weighted by Crippen LogP contribution is -2.51. The monoisotopic (exact) mass is 910 g/mol. The number of quaternary nitrogens is 1. The minimum absolute atomic E-state index is 0.0119. The van der Waals surface area contributed by atoms with E-state index in [2.05, 4.69) is 60.8 Å². The maximum atomic E-state index is 13.0. The number of hydrogen-bond donors (Lipinski definition) is 4. The van der Waals surface area contributed by atoms with Gasteiger partial charge in [-0.15, -0.1) is 0 Å². The molecule has 10 heteroatoms. The van der Waals surface area contributed by atoms with Crippen LogP contribution in [0.4, 0.5) is 0 Å². The lowest BCUT2D eigenvalue weighted by Gasteiger charge is -2.28. The largest absolute Gasteiger partial charge is 0.472 e. The zero-order valence-electron chi connectivity index (χ0n) is 41.7. The van der Waals surface area contributed by atoms with Gasteiger partial charge in [-0.1, -0.05) is 184 Å². The fraction of sp³-hybridized carbons (Fsp3) is 0.830. The van der Waals surface area contributed by atoms with Gasteiger partial charge in [-0.05, 0) is 84.0 Å². The molecule has 0 spiro atoms. The molecular weight excluding hydrogens is 808 g/mol. The number of carbonyl (C=O) groups excluding carboxylic acids is 1. The Labute approximate surface area is 389 Å². The zero-order chi connectivity index (χ0) is 46.5. The summed E-state index contributed by atoms with van der Waals surface area (Å²) in [7, 11) is 1.40. The maximum Gasteiger partial charge on any atom is 0.472 e. The molecule has 0 radical (unpaired) electrons. The van der Waals surface area contributed by atoms with Gasteiger partial charge in [-0.2, -0.15) is 0 Å². The molecule has 0 aromatic carbocycles. The predicted molar refractivity (Wildman–Crippen MR) is 269 cm³/mol. The maximum absolute atomic E-state index is 13.0. The quantitative estimate of drug-likeness (QED) is 0.0207. The number of allylic oxidation sites excluding steroid dienone is 8. The molecule has 370 valence electrons. The van der Waals surface area contributed by atoms with Crippen LogP contribution in [0.25, 0.3) is 0 Å². The summed E-state index contributed by atoms with van der Waals surface area (Å²) in [5, 5.41) is 24.7. The number of hydrogen-bond acceptors (Lipinski definition) is 6. The smallest absolute Gasteiger partial charge is 0.390 e. The van der Waals surface area contributed by atoms with Gasteiger partial charge in [-0.3, -0.25) is 13.8 Å². The topological polar surface area (TPSA) is 125 Å². The molecular formula is C53H102N2O7P+. The second-order valence-corrected chi connectivity index (χ2v) is 20.5. The Morgan fingerprint density at radius 3 is 1.41 bits per heavy atom. The van der Waals surface area contributed by atoms with Crippen LogP contribution in [0.2, 0.25) is 0 Å². The summed E-state index contributed by atoms with van der Waals surface area (Å²) >= 11 is 0. The number of phosphoric acid groups is 1. The van der Waals surface area contributed by atoms with Gasteiger partial charge in [-0.25, -0.2) is 4.57 Å². The first-order chi connectivity index (χ1) is 30.4. The lowest BCUT2D eigenvalue weighted by molar-refractivity contribution is -0.870. The molecule has 0 aliphatic rings. The molecule has 63 heavy (non-hydrogen) atoms. The number of likely N-dealkylation sites (N-methyl/N-ethyl adjacent to an activating group) is 1. The van der Waals surface area contributed by atoms with E-state index >= 15 is 0 Å². The summed E-state index contributed by atoms with van der Waals surface area (Å²) in [6.07, 6.45) is 53.6. The highest BCUT2D eigenvalue weighted by molar-refractivity contribution is 7.47. The Morgan fingerprint density at radius 2 is 0.968 bits per heavy atom. The third-order valence-corrected chi connectivity index (χ3v) is 12.7. The molecule has 0 saturated heterocycles. The number of carbonyl (C=O) groups is 1. The summed E-state index contributed by atoms with van der Waals surface area (Å²) < 4.78 is 23.5. The van der Waals surface area contributed by atoms with E-state index in [1.54, 1.807) is 0 Å². The molecule has 0 aromatic heterocycles. The van der Waals surface area contributed by atoms with Crippen molar-refractivity contribution in [3.63, 3.8) is 0 Å². The molecule has 1 amide bonds. The van der Waals surface area contributed by atoms with Gasteiger partial charge in [0.2, 0.25) is 5.91 Å². The second-order valence-electron chi connectivity index (χ2n) is 19.0. The molecule has 0 heterocycles. The number of aliphatic hydroxyl groups is 2. The van der Waals surface area contributed by atoms with Crippen LogP contribution in [-0.2, 0) is 18.4 Å². The van der Waals surface area contributed by atoms with Gasteiger partial charge >= 0.3 is 7.82 Å². The number of rotatable bonds is 47. The van der Waals surface area contributed by atoms with Crippen LogP contribution < -0.4 is 5.32 Å². The van der Waals surface area contributed by atoms with Gasteiger partial charge in [0.1, 0.15) is 19.3 Å². The standard InChI is InChI=1S/C53H101N2O7P/c1-6-8-10-12-14-16-18-20-21-22-23-24-25-26-27-28-29-30-31-32-33-34-36-38-40-42-44-46-52(57)54-50(49-62-63(59,60)61-48-47-55(3,4)5)53(58)51(56)45-43-41-39-37-35-19-17-15-13-11-9-7-2/h7,9,15,17,22-23,37,39,50-51,53,56,58H,6,8,10-14,16,18-21,24-36,38,40-49H2,1-5H3,(H-,54,57,59,60)/p+1/b9-7+,17-15+,23-22-,39-37+. The molecule has 0 aliphatic heterocycles. The number of aliphatic hydroxyl groups excluding tert-OH is 2. The Balaban J connectivity index is 4.23. The van der Waals surface area contributed by atoms with Crippen LogP contribution in [0.15, 0.2) is 48.6 Å². The minimum atomic E-state index is -4.43. The number of nitrogens with zero attached hydrogens (tertiary/aromatic N) is 1. The van der Waals surface area contributed by atoms with Crippen LogP contribution in [-0.4, -0.2) is 84.6 Å². The number of phosphoric ester groups is 1. The van der Waals surface area contributed by atoms with E-state index in [0.29, 0.717) is 23.9 Å². The first kappa shape index (κ1) is 61.4. The molecule has 0 bridgehead atoms. The first-order valence-corrected chi connectivity index (χ1v) is 27.5. The average Bonchev–Trinajstić information content (AvgIpc) is 3.24. The van der Waals surface area contributed by atoms with E-state index in [1.165, 1.54) is 141 Å². The highest BCUT2D eigenvalue weighted by atomic mass is 31.2. The molecule has 0 saturated carbocycles. The normalized spacial score (nSPS) is 15.0. The highest BCUT2D eigenvalue weighted by Gasteiger charge is 2.31. The van der Waals surface area contributed by atoms with Crippen molar-refractivity contribution in [3.05, 3.63) is 48.6 Å². The summed E-state index contributed by atoms with van der Waals surface area (Å²) in [5.74, 6) is -0.274. The SMILES string of the molecule is C/C=C/CC/C=C/CC/C=C/CCCC(O)C(O)C(COP(=O)(O)OCC[N+](C)(C)C)NC(=O)CCCCCCCCCCCCCCCCC/C=C\CCCCCCCCCC. The Kier molecular flexibility index (Phi) is 43.2. The molecule has 0 aliphatic carbocycles. The van der Waals surface area contributed by atoms with Crippen molar-refractivity contribution in [3.8, 4) is 0 Å². The van der Waals surface area contributed by atoms with Crippen LogP contribution in [0.3, 0.4) is 0 Å². The molecule has 9 nitrogen and oxygen atoms in total. The molecule has 0 fully saturated rings. The Hall–Kier alpha value is -1.58. The second kappa shape index (κ2) is 44.3. The third-order valence-electron chi connectivity index (χ3n) is 11.7. The lowest BCUT2D eigenvalue weighted by atomic mass is 10.0. The van der Waals surface area contributed by atoms with Crippen molar-refractivity contribution in [2.75, 3.05) is 40.9 Å². The fourth-order valence-electron chi connectivity index (χ4n) is 7.53. The van der Waals surface area contributed by atoms with Crippen molar-refractivity contribution >= 4 is 13.7 Å². The van der Waals surface area contributed by atoms with Gasteiger partial charge in [0.15, 0.2) is 0 Å². The van der Waals surface area contributed by atoms with Crippen molar-refractivity contribution in [2.45, 2.75) is 244 Å². The number of nitrogens with one attached hydrogen (secondary N) is 1. The van der Waals surface area contributed by atoms with Crippen molar-refractivity contribution in [1.29, 1.82) is 0 Å². The Morgan fingerprint density at radius 1 is 0.571 bits per heavy atom. The number of unbranched alkanes of at least 4 members (excludes halogenated alkanes) is 26. The third kappa shape index (κ3) is 45.4. The van der Waals surface area contributed by atoms with Crippen molar-refractivity contribution < 1.29 is 38.0 Å².